The molecular formula is C15H23NO4. The molecule has 5 nitrogen and oxygen atoms in total. The monoisotopic (exact) mass is 281 g/mol. The third kappa shape index (κ3) is 6.04. The van der Waals surface area contributed by atoms with Crippen LogP contribution in [0.4, 0.5) is 0 Å². The molecule has 5 heteroatoms. The fourth-order valence-corrected chi connectivity index (χ4v) is 1.63. The van der Waals surface area contributed by atoms with Gasteiger partial charge in [-0.15, -0.1) is 0 Å². The molecular weight excluding hydrogens is 258 g/mol. The van der Waals surface area contributed by atoms with Crippen molar-refractivity contribution in [2.45, 2.75) is 13.5 Å². The Morgan fingerprint density at radius 2 is 1.90 bits per heavy atom. The number of carbonyl (C=O) groups is 1. The van der Waals surface area contributed by atoms with Crippen molar-refractivity contribution in [1.82, 2.24) is 4.90 Å². The summed E-state index contributed by atoms with van der Waals surface area (Å²) in [6.07, 6.45) is 0. The Kier molecular flexibility index (Phi) is 7.69. The van der Waals surface area contributed by atoms with Crippen molar-refractivity contribution in [3.8, 4) is 5.75 Å². The molecule has 0 unspecified atom stereocenters. The Labute approximate surface area is 120 Å². The third-order valence-electron chi connectivity index (χ3n) is 2.74. The van der Waals surface area contributed by atoms with Crippen LogP contribution < -0.4 is 4.74 Å². The Bertz CT molecular complexity index is 391. The van der Waals surface area contributed by atoms with Crippen molar-refractivity contribution in [1.29, 1.82) is 0 Å². The molecule has 1 amide bonds. The molecule has 0 bridgehead atoms. The molecule has 1 aromatic carbocycles. The summed E-state index contributed by atoms with van der Waals surface area (Å²) >= 11 is 0. The zero-order chi connectivity index (χ0) is 14.8. The lowest BCUT2D eigenvalue weighted by Crippen LogP contribution is -2.30. The minimum atomic E-state index is -0.0463. The predicted molar refractivity (Wildman–Crippen MR) is 76.8 cm³/mol. The number of nitrogens with zero attached hydrogens (tertiary/aromatic N) is 1. The lowest BCUT2D eigenvalue weighted by molar-refractivity contribution is -0.135. The van der Waals surface area contributed by atoms with E-state index in [4.69, 9.17) is 14.2 Å². The SMILES string of the molecule is CCOc1ccc(CN(C)C(=O)COCCOC)cc1. The van der Waals surface area contributed by atoms with E-state index in [1.54, 1.807) is 19.1 Å². The van der Waals surface area contributed by atoms with E-state index in [1.807, 2.05) is 31.2 Å². The second-order valence-corrected chi connectivity index (χ2v) is 4.37. The second-order valence-electron chi connectivity index (χ2n) is 4.37. The Hall–Kier alpha value is -1.59. The van der Waals surface area contributed by atoms with Crippen molar-refractivity contribution in [2.75, 3.05) is 40.6 Å². The maximum absolute atomic E-state index is 11.8. The van der Waals surface area contributed by atoms with Crippen molar-refractivity contribution in [3.63, 3.8) is 0 Å². The number of benzene rings is 1. The summed E-state index contributed by atoms with van der Waals surface area (Å²) in [4.78, 5) is 13.5. The predicted octanol–water partition coefficient (Wildman–Crippen LogP) is 1.71. The molecule has 0 aliphatic rings. The Morgan fingerprint density at radius 3 is 2.50 bits per heavy atom. The minimum Gasteiger partial charge on any atom is -0.494 e. The summed E-state index contributed by atoms with van der Waals surface area (Å²) in [7, 11) is 3.36. The molecule has 1 rings (SSSR count). The van der Waals surface area contributed by atoms with Crippen molar-refractivity contribution in [2.24, 2.45) is 0 Å². The van der Waals surface area contributed by atoms with Gasteiger partial charge >= 0.3 is 0 Å². The van der Waals surface area contributed by atoms with Gasteiger partial charge in [0.25, 0.3) is 0 Å². The molecule has 0 heterocycles. The molecule has 0 N–H and O–H groups in total. The number of amides is 1. The average Bonchev–Trinajstić information content (AvgIpc) is 2.45. The molecule has 0 saturated carbocycles. The maximum Gasteiger partial charge on any atom is 0.248 e. The highest BCUT2D eigenvalue weighted by Crippen LogP contribution is 2.13. The van der Waals surface area contributed by atoms with E-state index >= 15 is 0 Å². The van der Waals surface area contributed by atoms with Crippen molar-refractivity contribution >= 4 is 5.91 Å². The zero-order valence-electron chi connectivity index (χ0n) is 12.4. The highest BCUT2D eigenvalue weighted by atomic mass is 16.5. The van der Waals surface area contributed by atoms with Crippen LogP contribution in [0.15, 0.2) is 24.3 Å². The number of ether oxygens (including phenoxy) is 3. The number of hydrogen-bond acceptors (Lipinski definition) is 4. The lowest BCUT2D eigenvalue weighted by Gasteiger charge is -2.17. The molecule has 0 aliphatic carbocycles. The maximum atomic E-state index is 11.8. The van der Waals surface area contributed by atoms with E-state index in [2.05, 4.69) is 0 Å². The lowest BCUT2D eigenvalue weighted by atomic mass is 10.2. The van der Waals surface area contributed by atoms with Crippen LogP contribution in [0.5, 0.6) is 5.75 Å². The van der Waals surface area contributed by atoms with Gasteiger partial charge in [0.2, 0.25) is 5.91 Å². The van der Waals surface area contributed by atoms with Gasteiger partial charge in [0, 0.05) is 20.7 Å². The molecule has 0 spiro atoms. The normalized spacial score (nSPS) is 10.3. The number of rotatable bonds is 9. The van der Waals surface area contributed by atoms with Gasteiger partial charge in [-0.2, -0.15) is 0 Å². The topological polar surface area (TPSA) is 48.0 Å². The van der Waals surface area contributed by atoms with Gasteiger partial charge in [-0.1, -0.05) is 12.1 Å². The van der Waals surface area contributed by atoms with E-state index in [1.165, 1.54) is 0 Å². The molecule has 1 aromatic rings. The van der Waals surface area contributed by atoms with Crippen LogP contribution in [0.2, 0.25) is 0 Å². The second kappa shape index (κ2) is 9.34. The molecule has 0 saturated heterocycles. The van der Waals surface area contributed by atoms with Crippen LogP contribution in [0.1, 0.15) is 12.5 Å². The molecule has 0 radical (unpaired) electrons. The van der Waals surface area contributed by atoms with E-state index in [0.717, 1.165) is 11.3 Å². The first kappa shape index (κ1) is 16.5. The summed E-state index contributed by atoms with van der Waals surface area (Å²) in [5.74, 6) is 0.795. The van der Waals surface area contributed by atoms with Crippen molar-refractivity contribution < 1.29 is 19.0 Å². The first-order chi connectivity index (χ1) is 9.67. The van der Waals surface area contributed by atoms with Crippen LogP contribution in [0, 0.1) is 0 Å². The Balaban J connectivity index is 2.36. The van der Waals surface area contributed by atoms with Crippen LogP contribution in [0.25, 0.3) is 0 Å². The highest BCUT2D eigenvalue weighted by Gasteiger charge is 2.09. The highest BCUT2D eigenvalue weighted by molar-refractivity contribution is 5.77. The molecule has 0 aliphatic heterocycles. The number of methoxy groups -OCH3 is 1. The fourth-order valence-electron chi connectivity index (χ4n) is 1.63. The molecule has 20 heavy (non-hydrogen) atoms. The largest absolute Gasteiger partial charge is 0.494 e. The van der Waals surface area contributed by atoms with E-state index < -0.39 is 0 Å². The van der Waals surface area contributed by atoms with E-state index in [-0.39, 0.29) is 12.5 Å². The van der Waals surface area contributed by atoms with Crippen LogP contribution in [-0.4, -0.2) is 51.4 Å². The summed E-state index contributed by atoms with van der Waals surface area (Å²) in [6.45, 7) is 4.16. The van der Waals surface area contributed by atoms with Crippen LogP contribution >= 0.6 is 0 Å². The average molecular weight is 281 g/mol. The fraction of sp³-hybridized carbons (Fsp3) is 0.533. The third-order valence-corrected chi connectivity index (χ3v) is 2.74. The van der Waals surface area contributed by atoms with Crippen molar-refractivity contribution in [3.05, 3.63) is 29.8 Å². The van der Waals surface area contributed by atoms with Gasteiger partial charge in [0.05, 0.1) is 19.8 Å². The van der Waals surface area contributed by atoms with Gasteiger partial charge in [0.1, 0.15) is 12.4 Å². The van der Waals surface area contributed by atoms with Crippen LogP contribution in [-0.2, 0) is 20.8 Å². The molecule has 0 atom stereocenters. The molecule has 0 aromatic heterocycles. The summed E-state index contributed by atoms with van der Waals surface area (Å²) in [5.41, 5.74) is 1.06. The minimum absolute atomic E-state index is 0.0463. The van der Waals surface area contributed by atoms with Gasteiger partial charge in [-0.3, -0.25) is 4.79 Å². The van der Waals surface area contributed by atoms with Gasteiger partial charge < -0.3 is 19.1 Å². The standard InChI is InChI=1S/C15H23NO4/c1-4-20-14-7-5-13(6-8-14)11-16(2)15(17)12-19-10-9-18-3/h5-8H,4,9-12H2,1-3H3. The number of carbonyl (C=O) groups excluding carboxylic acids is 1. The Morgan fingerprint density at radius 1 is 1.20 bits per heavy atom. The quantitative estimate of drug-likeness (QED) is 0.647. The van der Waals surface area contributed by atoms with Gasteiger partial charge in [-0.25, -0.2) is 0 Å². The smallest absolute Gasteiger partial charge is 0.248 e. The number of hydrogen-bond donors (Lipinski definition) is 0. The molecule has 112 valence electrons. The van der Waals surface area contributed by atoms with Gasteiger partial charge in [-0.05, 0) is 24.6 Å². The number of likely N-dealkylation sites (N-methyl/N-ethyl adjacent to an activating group) is 1. The summed E-state index contributed by atoms with van der Waals surface area (Å²) < 4.78 is 15.4. The van der Waals surface area contributed by atoms with Gasteiger partial charge in [0.15, 0.2) is 0 Å². The summed E-state index contributed by atoms with van der Waals surface area (Å²) in [6, 6.07) is 7.74. The zero-order valence-corrected chi connectivity index (χ0v) is 12.4. The van der Waals surface area contributed by atoms with E-state index in [9.17, 15) is 4.79 Å². The first-order valence-corrected chi connectivity index (χ1v) is 6.69. The van der Waals surface area contributed by atoms with E-state index in [0.29, 0.717) is 26.4 Å². The summed E-state index contributed by atoms with van der Waals surface area (Å²) in [5, 5.41) is 0. The van der Waals surface area contributed by atoms with Crippen LogP contribution in [0.3, 0.4) is 0 Å². The molecule has 0 fully saturated rings. The first-order valence-electron chi connectivity index (χ1n) is 6.69.